The molecule has 0 aliphatic carbocycles. The molecule has 2 aliphatic rings. The van der Waals surface area contributed by atoms with Gasteiger partial charge in [-0.15, -0.1) is 23.5 Å². The fourth-order valence-corrected chi connectivity index (χ4v) is 9.86. The summed E-state index contributed by atoms with van der Waals surface area (Å²) in [7, 11) is 0. The minimum absolute atomic E-state index is 0.0000446. The lowest BCUT2D eigenvalue weighted by Gasteiger charge is -2.28. The van der Waals surface area contributed by atoms with Gasteiger partial charge in [0.1, 0.15) is 42.3 Å². The van der Waals surface area contributed by atoms with Crippen LogP contribution in [0.5, 0.6) is 0 Å². The van der Waals surface area contributed by atoms with Gasteiger partial charge in [0, 0.05) is 50.1 Å². The van der Waals surface area contributed by atoms with E-state index in [0.717, 1.165) is 0 Å². The average Bonchev–Trinajstić information content (AvgIpc) is 2.45. The van der Waals surface area contributed by atoms with Gasteiger partial charge in [0.05, 0.1) is 16.3 Å². The van der Waals surface area contributed by atoms with Crippen LogP contribution in [0, 0.1) is 29.2 Å². The van der Waals surface area contributed by atoms with E-state index in [1.54, 1.807) is 0 Å². The molecule has 7 amide bonds. The number of carbonyl (C=O) groups excluding carboxylic acids is 8. The summed E-state index contributed by atoms with van der Waals surface area (Å²) in [5.74, 6) is -19.2. The second-order valence-corrected chi connectivity index (χ2v) is 21.5. The average molecular weight is 1270 g/mol. The van der Waals surface area contributed by atoms with Crippen LogP contribution in [0.25, 0.3) is 0 Å². The lowest BCUT2D eigenvalue weighted by molar-refractivity contribution is -0.135. The van der Waals surface area contributed by atoms with Gasteiger partial charge in [-0.3, -0.25) is 68.0 Å². The molecule has 85 heavy (non-hydrogen) atoms. The van der Waals surface area contributed by atoms with Gasteiger partial charge in [-0.1, -0.05) is 26.7 Å². The van der Waals surface area contributed by atoms with Crippen molar-refractivity contribution in [3.8, 4) is 0 Å². The summed E-state index contributed by atoms with van der Waals surface area (Å²) in [4.78, 5) is 130. The molecule has 1 aromatic carbocycles. The van der Waals surface area contributed by atoms with E-state index in [1.165, 1.54) is 13.8 Å². The highest BCUT2D eigenvalue weighted by atomic mass is 32.2. The van der Waals surface area contributed by atoms with E-state index in [1.807, 2.05) is 0 Å². The second-order valence-electron chi connectivity index (χ2n) is 19.2. The summed E-state index contributed by atoms with van der Waals surface area (Å²) in [6, 6.07) is -11.3. The molecule has 38 heteroatoms. The smallest absolute Gasteiger partial charge is 0.243 e. The number of hydrogen-bond acceptors (Lipinski definition) is 17. The van der Waals surface area contributed by atoms with Crippen molar-refractivity contribution in [2.75, 3.05) is 50.8 Å². The second kappa shape index (κ2) is 38.3. The van der Waals surface area contributed by atoms with Crippen LogP contribution in [0.4, 0.5) is 17.6 Å². The number of fused-ring (bicyclic) bond motifs is 24. The predicted octanol–water partition coefficient (Wildman–Crippen LogP) is -5.24. The third-order valence-electron chi connectivity index (χ3n) is 12.0. The Morgan fingerprint density at radius 3 is 1.02 bits per heavy atom. The molecule has 0 saturated heterocycles. The van der Waals surface area contributed by atoms with E-state index in [2.05, 4.69) is 79.7 Å². The Balaban J connectivity index is 3.00. The van der Waals surface area contributed by atoms with Gasteiger partial charge in [0.25, 0.3) is 0 Å². The molecule has 1 aromatic rings. The number of nitrogens with two attached hydrogens (primary N) is 10. The fourth-order valence-electron chi connectivity index (χ4n) is 7.53. The largest absolute Gasteiger partial charge is 0.370 e. The number of amides is 7. The molecule has 7 unspecified atom stereocenters. The van der Waals surface area contributed by atoms with Crippen molar-refractivity contribution in [2.24, 2.45) is 88.2 Å². The molecule has 476 valence electrons. The highest BCUT2D eigenvalue weighted by Gasteiger charge is 2.36. The summed E-state index contributed by atoms with van der Waals surface area (Å²) in [6.07, 6.45) is -1.15. The first-order valence-electron chi connectivity index (χ1n) is 26.5. The molecule has 0 spiro atoms. The minimum atomic E-state index is -1.94. The Labute approximate surface area is 501 Å². The van der Waals surface area contributed by atoms with Crippen LogP contribution >= 0.6 is 36.3 Å². The molecule has 2 aliphatic heterocycles. The minimum Gasteiger partial charge on any atom is -0.370 e. The maximum atomic E-state index is 16.0. The number of thiol groups is 1. The number of rotatable bonds is 25. The zero-order chi connectivity index (χ0) is 63.9. The first-order chi connectivity index (χ1) is 40.1. The number of carbonyl (C=O) groups is 8. The molecular weight excluding hydrogens is 1190 g/mol. The third-order valence-corrected chi connectivity index (χ3v) is 14.7. The van der Waals surface area contributed by atoms with Crippen molar-refractivity contribution >= 4 is 113 Å². The van der Waals surface area contributed by atoms with Gasteiger partial charge in [0.2, 0.25) is 41.4 Å². The number of benzene rings is 1. The molecule has 0 fully saturated rings. The van der Waals surface area contributed by atoms with Crippen molar-refractivity contribution in [2.45, 2.75) is 130 Å². The number of Topliss-reactive ketones (excluding diaryl/α,β-unsaturated/α-hetero) is 1. The van der Waals surface area contributed by atoms with Gasteiger partial charge in [-0.05, 0) is 64.2 Å². The van der Waals surface area contributed by atoms with E-state index in [9.17, 15) is 38.4 Å². The summed E-state index contributed by atoms with van der Waals surface area (Å²) in [6.45, 7) is 2.08. The Morgan fingerprint density at radius 1 is 0.482 bits per heavy atom. The van der Waals surface area contributed by atoms with E-state index in [4.69, 9.17) is 57.3 Å². The van der Waals surface area contributed by atoms with Crippen molar-refractivity contribution < 1.29 is 55.9 Å². The van der Waals surface area contributed by atoms with Crippen LogP contribution in [-0.2, 0) is 38.4 Å². The summed E-state index contributed by atoms with van der Waals surface area (Å²) in [5.41, 5.74) is 55.2. The Kier molecular flexibility index (Phi) is 33.0. The molecule has 0 saturated carbocycles. The van der Waals surface area contributed by atoms with Gasteiger partial charge < -0.3 is 94.6 Å². The van der Waals surface area contributed by atoms with Crippen LogP contribution in [0.3, 0.4) is 0 Å². The lowest BCUT2D eigenvalue weighted by atomic mass is 10.0. The molecule has 31 nitrogen and oxygen atoms in total. The van der Waals surface area contributed by atoms with Crippen LogP contribution in [0.15, 0.2) is 34.8 Å². The van der Waals surface area contributed by atoms with Crippen molar-refractivity contribution in [1.29, 1.82) is 0 Å². The van der Waals surface area contributed by atoms with E-state index in [-0.39, 0.29) is 150 Å². The zero-order valence-corrected chi connectivity index (χ0v) is 49.4. The van der Waals surface area contributed by atoms with E-state index >= 15 is 17.6 Å². The molecule has 2 heterocycles. The number of thioether (sulfide) groups is 2. The summed E-state index contributed by atoms with van der Waals surface area (Å²) < 4.78 is 66.3. The van der Waals surface area contributed by atoms with Gasteiger partial charge in [-0.2, -0.15) is 0 Å². The van der Waals surface area contributed by atoms with Crippen molar-refractivity contribution in [1.82, 2.24) is 41.9 Å². The highest BCUT2D eigenvalue weighted by Crippen LogP contribution is 2.36. The molecule has 0 radical (unpaired) electrons. The maximum Gasteiger partial charge on any atom is 0.243 e. The highest BCUT2D eigenvalue weighted by molar-refractivity contribution is 7.99. The van der Waals surface area contributed by atoms with Crippen molar-refractivity contribution in [3.05, 3.63) is 23.3 Å². The number of guanidine groups is 5. The number of halogens is 4. The topological polar surface area (TPSA) is 555 Å². The molecular formula is C47H79F4N23O8S3. The monoisotopic (exact) mass is 1270 g/mol. The number of hydrogen-bond donors (Lipinski definition) is 19. The Morgan fingerprint density at radius 2 is 0.753 bits per heavy atom. The first-order valence-corrected chi connectivity index (χ1v) is 28.9. The van der Waals surface area contributed by atoms with E-state index < -0.39 is 146 Å². The summed E-state index contributed by atoms with van der Waals surface area (Å²) in [5, 5.41) is 17.4. The fraction of sp³-hybridized carbons (Fsp3) is 0.596. The zero-order valence-electron chi connectivity index (χ0n) is 46.9. The number of ketones is 1. The number of nitrogens with zero attached hydrogens (tertiary/aromatic N) is 5. The molecule has 0 aromatic heterocycles. The first kappa shape index (κ1) is 73.4. The summed E-state index contributed by atoms with van der Waals surface area (Å²) >= 11 is 4.17. The quantitative estimate of drug-likeness (QED) is 0.00827. The number of nitrogens with one attached hydrogen (secondary N) is 8. The third kappa shape index (κ3) is 27.2. The van der Waals surface area contributed by atoms with E-state index in [0.29, 0.717) is 0 Å². The molecule has 2 bridgehead atoms. The van der Waals surface area contributed by atoms with Crippen LogP contribution in [0.2, 0.25) is 0 Å². The van der Waals surface area contributed by atoms with Crippen LogP contribution in [-0.4, -0.2) is 170 Å². The maximum absolute atomic E-state index is 16.0. The van der Waals surface area contributed by atoms with Gasteiger partial charge >= 0.3 is 0 Å². The lowest BCUT2D eigenvalue weighted by Crippen LogP contribution is -2.60. The van der Waals surface area contributed by atoms with Crippen LogP contribution in [0.1, 0.15) is 78.1 Å². The van der Waals surface area contributed by atoms with Crippen LogP contribution < -0.4 is 99.3 Å². The standard InChI is InChI=1S/C47H79F4N23O8S3/c1-21(2)29(75)18-67-36(76)27-19-84-34-30(48)32(50)35(33(51)31(34)49)85-20-28(74-83)42(82)72-25(11-6-16-65-46(58)59)40(80)70-23(9-4-14-63-44(54)55)38(78)68-22(8-3-13-62-43(52)53)37(77)69-24(10-5-15-64-45(56)57)39(79)71-26(41(81)73-27)12-7-17-66-47(60)61/h21-28,74,83H,3-20H2,1-2H3,(H,67,76)(H,68,78)(H,69,77)(H,70,80)(H,71,79)(H,72,82)(H,73,81)(H4,52,53,62)(H4,54,55,63)(H4,56,57,64)(H4,58,59,65)(H4,60,61,66). The molecule has 3 rings (SSSR count). The molecule has 7 atom stereocenters. The van der Waals surface area contributed by atoms with Gasteiger partial charge in [0.15, 0.2) is 58.8 Å². The van der Waals surface area contributed by atoms with Crippen molar-refractivity contribution in [3.63, 3.8) is 0 Å². The number of aliphatic imine (C=N–C) groups is 5. The van der Waals surface area contributed by atoms with Gasteiger partial charge in [-0.25, -0.2) is 17.6 Å². The predicted molar refractivity (Wildman–Crippen MR) is 318 cm³/mol. The Hall–Kier alpha value is -7.74. The molecule has 28 N–H and O–H groups in total. The SMILES string of the molecule is CC(C)C(=O)CNC(=O)C1CSc2c(F)c(F)c(c(F)c2F)SCC(NS)C(=O)NC(CCCN=C(N)N)C(=O)NC(CCCN=C(N)N)C(=O)NC(CCCN=C(N)N)C(=O)NC(CCCN=C(N)N)C(=O)NC(CCCN=C(N)N)C(=O)N1. The normalized spacial score (nSPS) is 20.4. The Bertz CT molecular complexity index is 2590.